The number of aromatic amines is 1. The van der Waals surface area contributed by atoms with E-state index in [4.69, 9.17) is 16.9 Å². The van der Waals surface area contributed by atoms with Crippen LogP contribution >= 0.6 is 11.6 Å². The van der Waals surface area contributed by atoms with Crippen molar-refractivity contribution in [3.8, 4) is 17.2 Å². The summed E-state index contributed by atoms with van der Waals surface area (Å²) < 4.78 is 0. The second kappa shape index (κ2) is 4.91. The number of aromatic nitrogens is 1. The first-order valence-corrected chi connectivity index (χ1v) is 6.23. The van der Waals surface area contributed by atoms with Crippen LogP contribution in [0.5, 0.6) is 0 Å². The van der Waals surface area contributed by atoms with Gasteiger partial charge in [-0.2, -0.15) is 5.26 Å². The van der Waals surface area contributed by atoms with Crippen LogP contribution in [0, 0.1) is 32.1 Å². The zero-order chi connectivity index (χ0) is 14.2. The third-order valence-corrected chi connectivity index (χ3v) is 3.62. The first-order chi connectivity index (χ1) is 8.93. The van der Waals surface area contributed by atoms with Gasteiger partial charge in [-0.3, -0.25) is 4.79 Å². The van der Waals surface area contributed by atoms with Crippen LogP contribution in [-0.4, -0.2) is 4.98 Å². The summed E-state index contributed by atoms with van der Waals surface area (Å²) in [5.74, 6) is 0. The van der Waals surface area contributed by atoms with E-state index in [1.807, 2.05) is 38.1 Å². The molecule has 96 valence electrons. The van der Waals surface area contributed by atoms with Crippen molar-refractivity contribution >= 4 is 11.6 Å². The van der Waals surface area contributed by atoms with Crippen molar-refractivity contribution < 1.29 is 0 Å². The minimum Gasteiger partial charge on any atom is -0.325 e. The molecule has 0 radical (unpaired) electrons. The molecule has 1 heterocycles. The van der Waals surface area contributed by atoms with Crippen molar-refractivity contribution in [2.75, 3.05) is 0 Å². The lowest BCUT2D eigenvalue weighted by Gasteiger charge is -2.09. The molecule has 0 unspecified atom stereocenters. The van der Waals surface area contributed by atoms with E-state index in [0.717, 1.165) is 22.4 Å². The number of hydrogen-bond donors (Lipinski definition) is 1. The highest BCUT2D eigenvalue weighted by atomic mass is 35.5. The van der Waals surface area contributed by atoms with Crippen LogP contribution < -0.4 is 5.56 Å². The number of nitriles is 1. The van der Waals surface area contributed by atoms with Crippen LogP contribution in [0.1, 0.15) is 22.4 Å². The number of nitrogens with zero attached hydrogens (tertiary/aromatic N) is 1. The molecule has 0 saturated heterocycles. The predicted molar refractivity (Wildman–Crippen MR) is 76.4 cm³/mol. The minimum absolute atomic E-state index is 0.131. The Bertz CT molecular complexity index is 731. The van der Waals surface area contributed by atoms with Gasteiger partial charge < -0.3 is 4.98 Å². The molecule has 0 aliphatic rings. The molecule has 0 fully saturated rings. The fourth-order valence-corrected chi connectivity index (χ4v) is 2.24. The van der Waals surface area contributed by atoms with E-state index in [2.05, 4.69) is 4.98 Å². The minimum atomic E-state index is -0.359. The molecule has 19 heavy (non-hydrogen) atoms. The maximum atomic E-state index is 11.8. The van der Waals surface area contributed by atoms with Crippen LogP contribution in [-0.2, 0) is 0 Å². The summed E-state index contributed by atoms with van der Waals surface area (Å²) in [5, 5.41) is 9.86. The molecule has 3 nitrogen and oxygen atoms in total. The lowest BCUT2D eigenvalue weighted by Crippen LogP contribution is -2.12. The van der Waals surface area contributed by atoms with Gasteiger partial charge in [-0.15, -0.1) is 0 Å². The fourth-order valence-electron chi connectivity index (χ4n) is 2.13. The maximum absolute atomic E-state index is 11.8. The number of rotatable bonds is 1. The predicted octanol–water partition coefficient (Wildman–Crippen LogP) is 3.49. The van der Waals surface area contributed by atoms with Gasteiger partial charge in [-0.05, 0) is 55.7 Å². The maximum Gasteiger partial charge on any atom is 0.266 e. The zero-order valence-corrected chi connectivity index (χ0v) is 11.7. The van der Waals surface area contributed by atoms with E-state index in [-0.39, 0.29) is 11.1 Å². The SMILES string of the molecule is Cc1cc(-c2cc(C)c(Cl)c(C)c2)c(C#N)c(=O)[nH]1. The van der Waals surface area contributed by atoms with Crippen molar-refractivity contribution in [1.29, 1.82) is 5.26 Å². The first kappa shape index (κ1) is 13.4. The molecular formula is C15H13ClN2O. The molecule has 0 aliphatic carbocycles. The normalized spacial score (nSPS) is 10.3. The molecule has 0 aliphatic heterocycles. The van der Waals surface area contributed by atoms with Crippen LogP contribution in [0.4, 0.5) is 0 Å². The summed E-state index contributed by atoms with van der Waals surface area (Å²) in [6.07, 6.45) is 0. The average Bonchev–Trinajstić information content (AvgIpc) is 2.34. The van der Waals surface area contributed by atoms with Gasteiger partial charge in [0, 0.05) is 16.3 Å². The van der Waals surface area contributed by atoms with Gasteiger partial charge in [0.15, 0.2) is 0 Å². The number of halogens is 1. The van der Waals surface area contributed by atoms with E-state index in [0.29, 0.717) is 10.6 Å². The van der Waals surface area contributed by atoms with Crippen molar-refractivity contribution in [2.24, 2.45) is 0 Å². The molecule has 1 N–H and O–H groups in total. The molecule has 2 aromatic rings. The third kappa shape index (κ3) is 2.40. The quantitative estimate of drug-likeness (QED) is 0.864. The van der Waals surface area contributed by atoms with Gasteiger partial charge in [0.05, 0.1) is 0 Å². The topological polar surface area (TPSA) is 56.6 Å². The Balaban J connectivity index is 2.80. The fraction of sp³-hybridized carbons (Fsp3) is 0.200. The van der Waals surface area contributed by atoms with Gasteiger partial charge in [0.1, 0.15) is 11.6 Å². The number of aryl methyl sites for hydroxylation is 3. The van der Waals surface area contributed by atoms with Crippen molar-refractivity contribution in [2.45, 2.75) is 20.8 Å². The molecule has 0 amide bonds. The number of benzene rings is 1. The van der Waals surface area contributed by atoms with Crippen LogP contribution in [0.25, 0.3) is 11.1 Å². The standard InChI is InChI=1S/C15H13ClN2O/c1-8-4-11(5-9(2)14(8)16)12-6-10(3)18-15(19)13(12)7-17/h4-6H,1-3H3,(H,18,19). The molecule has 0 bridgehead atoms. The summed E-state index contributed by atoms with van der Waals surface area (Å²) >= 11 is 6.14. The second-order valence-corrected chi connectivity index (χ2v) is 4.98. The van der Waals surface area contributed by atoms with Gasteiger partial charge in [-0.1, -0.05) is 11.6 Å². The Morgan fingerprint density at radius 3 is 2.26 bits per heavy atom. The number of pyridine rings is 1. The van der Waals surface area contributed by atoms with Crippen LogP contribution in [0.15, 0.2) is 23.0 Å². The monoisotopic (exact) mass is 272 g/mol. The van der Waals surface area contributed by atoms with E-state index in [9.17, 15) is 4.79 Å². The van der Waals surface area contributed by atoms with E-state index in [1.54, 1.807) is 6.92 Å². The largest absolute Gasteiger partial charge is 0.325 e. The second-order valence-electron chi connectivity index (χ2n) is 4.61. The average molecular weight is 273 g/mol. The highest BCUT2D eigenvalue weighted by Crippen LogP contribution is 2.29. The van der Waals surface area contributed by atoms with Crippen molar-refractivity contribution in [3.05, 3.63) is 56.0 Å². The van der Waals surface area contributed by atoms with Crippen LogP contribution in [0.2, 0.25) is 5.02 Å². The molecule has 1 aromatic heterocycles. The van der Waals surface area contributed by atoms with Crippen LogP contribution in [0.3, 0.4) is 0 Å². The Hall–Kier alpha value is -2.05. The van der Waals surface area contributed by atoms with Gasteiger partial charge in [0.2, 0.25) is 0 Å². The summed E-state index contributed by atoms with van der Waals surface area (Å²) in [6.45, 7) is 5.61. The lowest BCUT2D eigenvalue weighted by molar-refractivity contribution is 1.13. The van der Waals surface area contributed by atoms with Gasteiger partial charge in [-0.25, -0.2) is 0 Å². The highest BCUT2D eigenvalue weighted by molar-refractivity contribution is 6.32. The lowest BCUT2D eigenvalue weighted by atomic mass is 9.97. The highest BCUT2D eigenvalue weighted by Gasteiger charge is 2.12. The summed E-state index contributed by atoms with van der Waals surface area (Å²) in [5.41, 5.74) is 3.84. The summed E-state index contributed by atoms with van der Waals surface area (Å²) in [4.78, 5) is 14.4. The zero-order valence-electron chi connectivity index (χ0n) is 11.0. The van der Waals surface area contributed by atoms with E-state index >= 15 is 0 Å². The Morgan fingerprint density at radius 1 is 1.16 bits per heavy atom. The van der Waals surface area contributed by atoms with Gasteiger partial charge in [0.25, 0.3) is 5.56 Å². The number of hydrogen-bond acceptors (Lipinski definition) is 2. The molecule has 0 atom stereocenters. The Morgan fingerprint density at radius 2 is 1.74 bits per heavy atom. The van der Waals surface area contributed by atoms with E-state index in [1.165, 1.54) is 0 Å². The molecule has 1 aromatic carbocycles. The summed E-state index contributed by atoms with van der Waals surface area (Å²) in [7, 11) is 0. The Kier molecular flexibility index (Phi) is 3.46. The third-order valence-electron chi connectivity index (χ3n) is 3.03. The van der Waals surface area contributed by atoms with Gasteiger partial charge >= 0.3 is 0 Å². The molecule has 4 heteroatoms. The van der Waals surface area contributed by atoms with Crippen molar-refractivity contribution in [1.82, 2.24) is 4.98 Å². The Labute approximate surface area is 116 Å². The molecule has 0 spiro atoms. The molecular weight excluding hydrogens is 260 g/mol. The molecule has 2 rings (SSSR count). The van der Waals surface area contributed by atoms with Crippen molar-refractivity contribution in [3.63, 3.8) is 0 Å². The first-order valence-electron chi connectivity index (χ1n) is 5.85. The molecule has 0 saturated carbocycles. The smallest absolute Gasteiger partial charge is 0.266 e. The summed E-state index contributed by atoms with van der Waals surface area (Å²) in [6, 6.07) is 7.56. The number of H-pyrrole nitrogens is 1. The number of nitrogens with one attached hydrogen (secondary N) is 1. The van der Waals surface area contributed by atoms with E-state index < -0.39 is 0 Å².